The van der Waals surface area contributed by atoms with Crippen LogP contribution in [-0.4, -0.2) is 27.0 Å². The largest absolute Gasteiger partial charge is 0.442 e. The Morgan fingerprint density at radius 1 is 1.19 bits per heavy atom. The van der Waals surface area contributed by atoms with Gasteiger partial charge < -0.3 is 4.42 Å². The Bertz CT molecular complexity index is 999. The number of thioether (sulfide) groups is 1. The van der Waals surface area contributed by atoms with Crippen molar-refractivity contribution in [2.24, 2.45) is 5.10 Å². The average molecular weight is 398 g/mol. The topological polar surface area (TPSA) is 87.8 Å². The molecule has 1 aromatic carbocycles. The van der Waals surface area contributed by atoms with Crippen molar-refractivity contribution in [1.82, 2.24) is 15.3 Å². The molecule has 0 bridgehead atoms. The lowest BCUT2D eigenvalue weighted by atomic mass is 10.2. The molecule has 0 saturated carbocycles. The van der Waals surface area contributed by atoms with E-state index >= 15 is 0 Å². The van der Waals surface area contributed by atoms with Gasteiger partial charge in [-0.15, -0.1) is 16.4 Å². The number of hydrazone groups is 1. The minimum atomic E-state index is -0.435. The summed E-state index contributed by atoms with van der Waals surface area (Å²) in [6.45, 7) is 1.44. The third kappa shape index (κ3) is 3.51. The van der Waals surface area contributed by atoms with Gasteiger partial charge >= 0.3 is 0 Å². The fourth-order valence-electron chi connectivity index (χ4n) is 2.59. The van der Waals surface area contributed by atoms with Crippen molar-refractivity contribution in [3.05, 3.63) is 65.5 Å². The molecular weight excluding hydrogens is 384 g/mol. The Labute approximate surface area is 163 Å². The van der Waals surface area contributed by atoms with Gasteiger partial charge in [0.05, 0.1) is 4.88 Å². The highest BCUT2D eigenvalue weighted by molar-refractivity contribution is 8.14. The van der Waals surface area contributed by atoms with Crippen LogP contribution in [0.3, 0.4) is 0 Å². The highest BCUT2D eigenvalue weighted by Gasteiger charge is 2.33. The first-order valence-electron chi connectivity index (χ1n) is 8.02. The third-order valence-electron chi connectivity index (χ3n) is 3.80. The summed E-state index contributed by atoms with van der Waals surface area (Å²) in [5, 5.41) is 10.3. The normalized spacial score (nSPS) is 16.3. The number of carbonyl (C=O) groups is 2. The lowest BCUT2D eigenvalue weighted by molar-refractivity contribution is -0.129. The standard InChI is InChI=1S/C18H14N4O3S2/c1-11(23)22-17(12-6-3-2-4-7-12)27-18(21-22)20-16(24)14-15(25-10-19-14)13-8-5-9-26-13/h2-10,17H,1H3,(H,20,21,24). The molecule has 136 valence electrons. The van der Waals surface area contributed by atoms with Crippen molar-refractivity contribution < 1.29 is 14.0 Å². The number of hydrogen-bond donors (Lipinski definition) is 1. The molecule has 1 aliphatic rings. The van der Waals surface area contributed by atoms with Crippen LogP contribution in [0.25, 0.3) is 10.6 Å². The van der Waals surface area contributed by atoms with E-state index < -0.39 is 5.91 Å². The van der Waals surface area contributed by atoms with E-state index in [-0.39, 0.29) is 17.0 Å². The second-order valence-electron chi connectivity index (χ2n) is 5.61. The monoisotopic (exact) mass is 398 g/mol. The maximum Gasteiger partial charge on any atom is 0.279 e. The van der Waals surface area contributed by atoms with E-state index in [2.05, 4.69) is 15.4 Å². The fourth-order valence-corrected chi connectivity index (χ4v) is 4.39. The summed E-state index contributed by atoms with van der Waals surface area (Å²) in [4.78, 5) is 29.5. The van der Waals surface area contributed by atoms with Crippen LogP contribution in [-0.2, 0) is 4.79 Å². The van der Waals surface area contributed by atoms with E-state index in [0.29, 0.717) is 10.9 Å². The highest BCUT2D eigenvalue weighted by Crippen LogP contribution is 2.38. The maximum atomic E-state index is 12.7. The van der Waals surface area contributed by atoms with Crippen molar-refractivity contribution in [2.45, 2.75) is 12.3 Å². The van der Waals surface area contributed by atoms with E-state index in [1.165, 1.54) is 41.4 Å². The first kappa shape index (κ1) is 17.5. The van der Waals surface area contributed by atoms with Crippen molar-refractivity contribution in [1.29, 1.82) is 0 Å². The van der Waals surface area contributed by atoms with Crippen LogP contribution in [0.5, 0.6) is 0 Å². The van der Waals surface area contributed by atoms with E-state index in [4.69, 9.17) is 4.42 Å². The van der Waals surface area contributed by atoms with E-state index in [0.717, 1.165) is 10.4 Å². The predicted molar refractivity (Wildman–Crippen MR) is 104 cm³/mol. The smallest absolute Gasteiger partial charge is 0.279 e. The molecule has 1 atom stereocenters. The summed E-state index contributed by atoms with van der Waals surface area (Å²) in [5.74, 6) is -0.231. The zero-order chi connectivity index (χ0) is 18.8. The summed E-state index contributed by atoms with van der Waals surface area (Å²) in [6, 6.07) is 13.3. The predicted octanol–water partition coefficient (Wildman–Crippen LogP) is 3.70. The van der Waals surface area contributed by atoms with E-state index in [9.17, 15) is 9.59 Å². The first-order valence-corrected chi connectivity index (χ1v) is 9.78. The van der Waals surface area contributed by atoms with Crippen LogP contribution in [0.4, 0.5) is 0 Å². The molecule has 0 saturated heterocycles. The van der Waals surface area contributed by atoms with Gasteiger partial charge in [0.25, 0.3) is 5.91 Å². The molecule has 7 nitrogen and oxygen atoms in total. The lowest BCUT2D eigenvalue weighted by Gasteiger charge is -2.18. The molecule has 0 radical (unpaired) electrons. The SMILES string of the molecule is CC(=O)N1N=C(NC(=O)c2ncoc2-c2cccs2)SC1c1ccccc1. The fraction of sp³-hybridized carbons (Fsp3) is 0.111. The summed E-state index contributed by atoms with van der Waals surface area (Å²) >= 11 is 2.75. The van der Waals surface area contributed by atoms with Crippen molar-refractivity contribution in [2.75, 3.05) is 0 Å². The molecule has 4 rings (SSSR count). The van der Waals surface area contributed by atoms with Crippen LogP contribution in [0, 0.1) is 0 Å². The highest BCUT2D eigenvalue weighted by atomic mass is 32.2. The number of thiophene rings is 1. The van der Waals surface area contributed by atoms with Crippen LogP contribution in [0.1, 0.15) is 28.3 Å². The summed E-state index contributed by atoms with van der Waals surface area (Å²) in [7, 11) is 0. The molecule has 3 aromatic rings. The number of benzene rings is 1. The molecule has 0 aliphatic carbocycles. The molecule has 1 N–H and O–H groups in total. The minimum Gasteiger partial charge on any atom is -0.442 e. The number of oxazole rings is 1. The molecular formula is C18H14N4O3S2. The van der Waals surface area contributed by atoms with E-state index in [1.54, 1.807) is 0 Å². The van der Waals surface area contributed by atoms with Gasteiger partial charge in [-0.1, -0.05) is 48.2 Å². The van der Waals surface area contributed by atoms with Gasteiger partial charge in [-0.3, -0.25) is 14.9 Å². The zero-order valence-electron chi connectivity index (χ0n) is 14.2. The van der Waals surface area contributed by atoms with Gasteiger partial charge in [-0.25, -0.2) is 9.99 Å². The van der Waals surface area contributed by atoms with Crippen molar-refractivity contribution in [3.8, 4) is 10.6 Å². The lowest BCUT2D eigenvalue weighted by Crippen LogP contribution is -2.28. The zero-order valence-corrected chi connectivity index (χ0v) is 15.8. The molecule has 2 aromatic heterocycles. The second-order valence-corrected chi connectivity index (χ2v) is 7.63. The number of hydrogen-bond acceptors (Lipinski definition) is 7. The average Bonchev–Trinajstić information content (AvgIpc) is 3.41. The Morgan fingerprint density at radius 2 is 2.00 bits per heavy atom. The van der Waals surface area contributed by atoms with Gasteiger partial charge in [0.15, 0.2) is 23.0 Å². The minimum absolute atomic E-state index is 0.179. The summed E-state index contributed by atoms with van der Waals surface area (Å²) in [6.07, 6.45) is 1.24. The maximum absolute atomic E-state index is 12.7. The van der Waals surface area contributed by atoms with Crippen LogP contribution in [0.2, 0.25) is 0 Å². The molecule has 1 unspecified atom stereocenters. The van der Waals surface area contributed by atoms with Gasteiger partial charge in [-0.05, 0) is 17.0 Å². The molecule has 0 spiro atoms. The molecule has 0 fully saturated rings. The quantitative estimate of drug-likeness (QED) is 0.727. The summed E-state index contributed by atoms with van der Waals surface area (Å²) < 4.78 is 5.37. The molecule has 27 heavy (non-hydrogen) atoms. The van der Waals surface area contributed by atoms with Gasteiger partial charge in [-0.2, -0.15) is 0 Å². The number of rotatable bonds is 3. The van der Waals surface area contributed by atoms with Crippen LogP contribution < -0.4 is 5.32 Å². The van der Waals surface area contributed by atoms with E-state index in [1.807, 2.05) is 47.8 Å². The molecule has 1 aliphatic heterocycles. The van der Waals surface area contributed by atoms with Crippen LogP contribution in [0.15, 0.2) is 63.8 Å². The molecule has 9 heteroatoms. The number of carbonyl (C=O) groups excluding carboxylic acids is 2. The van der Waals surface area contributed by atoms with Crippen molar-refractivity contribution in [3.63, 3.8) is 0 Å². The number of amidine groups is 1. The van der Waals surface area contributed by atoms with Gasteiger partial charge in [0.2, 0.25) is 5.91 Å². The molecule has 2 amide bonds. The summed E-state index contributed by atoms with van der Waals surface area (Å²) in [5.41, 5.74) is 1.10. The Morgan fingerprint density at radius 3 is 2.70 bits per heavy atom. The Balaban J connectivity index is 1.55. The van der Waals surface area contributed by atoms with Gasteiger partial charge in [0.1, 0.15) is 5.37 Å². The second kappa shape index (κ2) is 7.37. The number of nitrogens with zero attached hydrogens (tertiary/aromatic N) is 3. The number of nitrogens with one attached hydrogen (secondary N) is 1. The Kier molecular flexibility index (Phi) is 4.78. The van der Waals surface area contributed by atoms with Gasteiger partial charge in [0, 0.05) is 6.92 Å². The number of amides is 2. The first-order chi connectivity index (χ1) is 13.1. The third-order valence-corrected chi connectivity index (χ3v) is 5.77. The molecule has 3 heterocycles. The number of aromatic nitrogens is 1. The van der Waals surface area contributed by atoms with Crippen LogP contribution >= 0.6 is 23.1 Å². The Hall–Kier alpha value is -2.91. The van der Waals surface area contributed by atoms with Crippen molar-refractivity contribution >= 4 is 40.1 Å².